The van der Waals surface area contributed by atoms with Crippen LogP contribution < -0.4 is 5.32 Å². The van der Waals surface area contributed by atoms with Gasteiger partial charge in [-0.25, -0.2) is 4.98 Å². The van der Waals surface area contributed by atoms with Crippen molar-refractivity contribution in [2.24, 2.45) is 5.41 Å². The van der Waals surface area contributed by atoms with Crippen molar-refractivity contribution in [2.45, 2.75) is 40.0 Å². The standard InChI is InChI=1S/C14H26N2O2/c1-14(2,3)7-5-12-11-16-13(18-12)6-8-15-9-10-17-4/h11,15H,5-10H2,1-4H3. The van der Waals surface area contributed by atoms with Crippen molar-refractivity contribution in [3.05, 3.63) is 17.8 Å². The Morgan fingerprint density at radius 1 is 1.28 bits per heavy atom. The molecule has 0 aromatic carbocycles. The van der Waals surface area contributed by atoms with Crippen LogP contribution in [0.4, 0.5) is 0 Å². The molecule has 104 valence electrons. The number of aromatic nitrogens is 1. The lowest BCUT2D eigenvalue weighted by Crippen LogP contribution is -2.21. The predicted octanol–water partition coefficient (Wildman–Crippen LogP) is 2.43. The maximum Gasteiger partial charge on any atom is 0.195 e. The van der Waals surface area contributed by atoms with Crippen LogP contribution in [0.3, 0.4) is 0 Å². The average Bonchev–Trinajstić information content (AvgIpc) is 2.73. The van der Waals surface area contributed by atoms with Gasteiger partial charge in [0.1, 0.15) is 5.76 Å². The molecule has 4 nitrogen and oxygen atoms in total. The summed E-state index contributed by atoms with van der Waals surface area (Å²) in [5.41, 5.74) is 0.342. The molecule has 0 atom stereocenters. The summed E-state index contributed by atoms with van der Waals surface area (Å²) >= 11 is 0. The third-order valence-electron chi connectivity index (χ3n) is 2.72. The number of nitrogens with one attached hydrogen (secondary N) is 1. The Balaban J connectivity index is 2.22. The van der Waals surface area contributed by atoms with Gasteiger partial charge in [-0.15, -0.1) is 0 Å². The number of methoxy groups -OCH3 is 1. The topological polar surface area (TPSA) is 47.3 Å². The van der Waals surface area contributed by atoms with Gasteiger partial charge in [0.15, 0.2) is 5.89 Å². The van der Waals surface area contributed by atoms with E-state index >= 15 is 0 Å². The van der Waals surface area contributed by atoms with Crippen molar-refractivity contribution in [3.63, 3.8) is 0 Å². The molecule has 4 heteroatoms. The van der Waals surface area contributed by atoms with Gasteiger partial charge in [0.05, 0.1) is 12.8 Å². The first-order valence-electron chi connectivity index (χ1n) is 6.64. The van der Waals surface area contributed by atoms with Gasteiger partial charge in [-0.1, -0.05) is 20.8 Å². The maximum absolute atomic E-state index is 5.70. The van der Waals surface area contributed by atoms with E-state index in [9.17, 15) is 0 Å². The number of nitrogens with zero attached hydrogens (tertiary/aromatic N) is 1. The highest BCUT2D eigenvalue weighted by Gasteiger charge is 2.12. The van der Waals surface area contributed by atoms with Crippen molar-refractivity contribution in [1.82, 2.24) is 10.3 Å². The zero-order chi connectivity index (χ0) is 13.4. The second kappa shape index (κ2) is 7.54. The average molecular weight is 254 g/mol. The summed E-state index contributed by atoms with van der Waals surface area (Å²) in [7, 11) is 1.71. The zero-order valence-corrected chi connectivity index (χ0v) is 12.1. The van der Waals surface area contributed by atoms with Gasteiger partial charge in [0, 0.05) is 33.0 Å². The summed E-state index contributed by atoms with van der Waals surface area (Å²) in [5, 5.41) is 3.28. The molecule has 1 aromatic heterocycles. The molecule has 1 aromatic rings. The van der Waals surface area contributed by atoms with E-state index in [0.29, 0.717) is 5.41 Å². The minimum Gasteiger partial charge on any atom is -0.446 e. The fraction of sp³-hybridized carbons (Fsp3) is 0.786. The van der Waals surface area contributed by atoms with Crippen LogP contribution in [0, 0.1) is 5.41 Å². The zero-order valence-electron chi connectivity index (χ0n) is 12.1. The minimum absolute atomic E-state index is 0.342. The first-order valence-corrected chi connectivity index (χ1v) is 6.64. The van der Waals surface area contributed by atoms with Gasteiger partial charge >= 0.3 is 0 Å². The molecule has 0 saturated heterocycles. The number of hydrogen-bond donors (Lipinski definition) is 1. The van der Waals surface area contributed by atoms with Crippen LogP contribution >= 0.6 is 0 Å². The third kappa shape index (κ3) is 6.77. The molecular weight excluding hydrogens is 228 g/mol. The number of rotatable bonds is 8. The summed E-state index contributed by atoms with van der Waals surface area (Å²) in [6, 6.07) is 0. The number of oxazole rings is 1. The van der Waals surface area contributed by atoms with Gasteiger partial charge in [0.25, 0.3) is 0 Å². The molecule has 0 radical (unpaired) electrons. The number of ether oxygens (including phenoxy) is 1. The summed E-state index contributed by atoms with van der Waals surface area (Å²) in [5.74, 6) is 1.82. The van der Waals surface area contributed by atoms with E-state index in [1.54, 1.807) is 7.11 Å². The molecule has 18 heavy (non-hydrogen) atoms. The fourth-order valence-electron chi connectivity index (χ4n) is 1.57. The molecule has 0 unspecified atom stereocenters. The Kier molecular flexibility index (Phi) is 6.36. The first kappa shape index (κ1) is 15.2. The lowest BCUT2D eigenvalue weighted by Gasteiger charge is -2.16. The van der Waals surface area contributed by atoms with Crippen molar-refractivity contribution < 1.29 is 9.15 Å². The smallest absolute Gasteiger partial charge is 0.195 e. The Hall–Kier alpha value is -0.870. The second-order valence-electron chi connectivity index (χ2n) is 5.77. The van der Waals surface area contributed by atoms with Crippen LogP contribution in [-0.4, -0.2) is 31.8 Å². The summed E-state index contributed by atoms with van der Waals surface area (Å²) in [6.07, 6.45) is 4.77. The van der Waals surface area contributed by atoms with Gasteiger partial charge < -0.3 is 14.5 Å². The van der Waals surface area contributed by atoms with E-state index in [1.807, 2.05) is 6.20 Å². The number of aryl methyl sites for hydroxylation is 1. The molecule has 1 rings (SSSR count). The van der Waals surface area contributed by atoms with E-state index in [1.165, 1.54) is 0 Å². The molecule has 0 aliphatic carbocycles. The van der Waals surface area contributed by atoms with Crippen LogP contribution in [0.15, 0.2) is 10.6 Å². The van der Waals surface area contributed by atoms with Crippen LogP contribution in [-0.2, 0) is 17.6 Å². The third-order valence-corrected chi connectivity index (χ3v) is 2.72. The maximum atomic E-state index is 5.70. The van der Waals surface area contributed by atoms with Crippen molar-refractivity contribution in [1.29, 1.82) is 0 Å². The van der Waals surface area contributed by atoms with Gasteiger partial charge in [-0.05, 0) is 11.8 Å². The first-order chi connectivity index (χ1) is 8.51. The summed E-state index contributed by atoms with van der Waals surface area (Å²) < 4.78 is 10.7. The van der Waals surface area contributed by atoms with Crippen LogP contribution in [0.2, 0.25) is 0 Å². The normalized spacial score (nSPS) is 12.0. The van der Waals surface area contributed by atoms with E-state index in [2.05, 4.69) is 31.1 Å². The lowest BCUT2D eigenvalue weighted by molar-refractivity contribution is 0.199. The van der Waals surface area contributed by atoms with E-state index < -0.39 is 0 Å². The fourth-order valence-corrected chi connectivity index (χ4v) is 1.57. The van der Waals surface area contributed by atoms with Gasteiger partial charge in [0.2, 0.25) is 0 Å². The van der Waals surface area contributed by atoms with Crippen LogP contribution in [0.25, 0.3) is 0 Å². The van der Waals surface area contributed by atoms with Crippen molar-refractivity contribution in [2.75, 3.05) is 26.8 Å². The largest absolute Gasteiger partial charge is 0.446 e. The molecule has 1 N–H and O–H groups in total. The predicted molar refractivity (Wildman–Crippen MR) is 72.7 cm³/mol. The molecule has 0 saturated carbocycles. The minimum atomic E-state index is 0.342. The van der Waals surface area contributed by atoms with Crippen LogP contribution in [0.5, 0.6) is 0 Å². The Morgan fingerprint density at radius 3 is 2.72 bits per heavy atom. The van der Waals surface area contributed by atoms with Gasteiger partial charge in [-0.2, -0.15) is 0 Å². The lowest BCUT2D eigenvalue weighted by atomic mass is 9.90. The van der Waals surface area contributed by atoms with E-state index in [4.69, 9.17) is 9.15 Å². The highest BCUT2D eigenvalue weighted by atomic mass is 16.5. The monoisotopic (exact) mass is 254 g/mol. The van der Waals surface area contributed by atoms with E-state index in [-0.39, 0.29) is 0 Å². The molecule has 0 amide bonds. The molecule has 0 aliphatic rings. The van der Waals surface area contributed by atoms with Crippen molar-refractivity contribution >= 4 is 0 Å². The quantitative estimate of drug-likeness (QED) is 0.724. The molecule has 1 heterocycles. The highest BCUT2D eigenvalue weighted by molar-refractivity contribution is 4.95. The van der Waals surface area contributed by atoms with E-state index in [0.717, 1.165) is 50.6 Å². The highest BCUT2D eigenvalue weighted by Crippen LogP contribution is 2.21. The second-order valence-corrected chi connectivity index (χ2v) is 5.77. The Bertz CT molecular complexity index is 329. The number of hydrogen-bond acceptors (Lipinski definition) is 4. The molecular formula is C14H26N2O2. The Labute approximate surface area is 110 Å². The Morgan fingerprint density at radius 2 is 2.06 bits per heavy atom. The molecule has 0 bridgehead atoms. The van der Waals surface area contributed by atoms with Crippen molar-refractivity contribution in [3.8, 4) is 0 Å². The summed E-state index contributed by atoms with van der Waals surface area (Å²) in [6.45, 7) is 9.21. The molecule has 0 spiro atoms. The molecule has 0 aliphatic heterocycles. The van der Waals surface area contributed by atoms with Gasteiger partial charge in [-0.3, -0.25) is 0 Å². The van der Waals surface area contributed by atoms with Crippen LogP contribution in [0.1, 0.15) is 38.8 Å². The summed E-state index contributed by atoms with van der Waals surface area (Å²) in [4.78, 5) is 4.30. The SMILES string of the molecule is COCCNCCc1ncc(CCC(C)(C)C)o1. The molecule has 0 fully saturated rings.